The summed E-state index contributed by atoms with van der Waals surface area (Å²) in [5.41, 5.74) is 1.52. The molecule has 1 unspecified atom stereocenters. The third-order valence-electron chi connectivity index (χ3n) is 4.40. The lowest BCUT2D eigenvalue weighted by molar-refractivity contribution is 0.114. The summed E-state index contributed by atoms with van der Waals surface area (Å²) in [4.78, 5) is 0.199. The number of nitrogens with one attached hydrogen (secondary N) is 2. The highest BCUT2D eigenvalue weighted by molar-refractivity contribution is 7.89. The van der Waals surface area contributed by atoms with Crippen LogP contribution in [0.25, 0.3) is 0 Å². The molecule has 5 nitrogen and oxygen atoms in total. The number of halogens is 2. The summed E-state index contributed by atoms with van der Waals surface area (Å²) < 4.78 is 58.7. The van der Waals surface area contributed by atoms with E-state index in [1.54, 1.807) is 24.3 Å². The highest BCUT2D eigenvalue weighted by Gasteiger charge is 2.20. The Bertz CT molecular complexity index is 867. The van der Waals surface area contributed by atoms with E-state index in [1.807, 2.05) is 0 Å². The quantitative estimate of drug-likeness (QED) is 0.720. The fourth-order valence-electron chi connectivity index (χ4n) is 2.88. The summed E-state index contributed by atoms with van der Waals surface area (Å²) in [6.07, 6.45) is 1.77. The maximum atomic E-state index is 13.2. The molecule has 27 heavy (non-hydrogen) atoms. The first-order valence-corrected chi connectivity index (χ1v) is 10.3. The maximum Gasteiger partial charge on any atom is 0.240 e. The standard InChI is InChI=1S/C19H22F2N2O3S/c20-18-8-5-15(10-19(18)21)12-22-11-14-3-6-17(7-4-14)27(24,25)23-13-16-2-1-9-26-16/h3-8,10,16,22-23H,1-2,9,11-13H2. The van der Waals surface area contributed by atoms with Crippen LogP contribution in [-0.4, -0.2) is 27.7 Å². The fraction of sp³-hybridized carbons (Fsp3) is 0.368. The molecular weight excluding hydrogens is 374 g/mol. The zero-order chi connectivity index (χ0) is 19.3. The molecule has 2 aromatic rings. The van der Waals surface area contributed by atoms with Crippen molar-refractivity contribution in [3.8, 4) is 0 Å². The van der Waals surface area contributed by atoms with Crippen molar-refractivity contribution in [2.45, 2.75) is 36.9 Å². The Hall–Kier alpha value is -1.87. The average Bonchev–Trinajstić information content (AvgIpc) is 3.17. The van der Waals surface area contributed by atoms with Gasteiger partial charge in [0.1, 0.15) is 0 Å². The van der Waals surface area contributed by atoms with E-state index >= 15 is 0 Å². The Morgan fingerprint density at radius 2 is 1.70 bits per heavy atom. The first kappa shape index (κ1) is 19.9. The van der Waals surface area contributed by atoms with Crippen LogP contribution in [-0.2, 0) is 27.8 Å². The van der Waals surface area contributed by atoms with Gasteiger partial charge in [0.25, 0.3) is 0 Å². The smallest absolute Gasteiger partial charge is 0.240 e. The normalized spacial score (nSPS) is 17.3. The number of hydrogen-bond acceptors (Lipinski definition) is 4. The van der Waals surface area contributed by atoms with Crippen LogP contribution in [0.4, 0.5) is 8.78 Å². The summed E-state index contributed by atoms with van der Waals surface area (Å²) in [6, 6.07) is 10.3. The van der Waals surface area contributed by atoms with Crippen LogP contribution < -0.4 is 10.0 Å². The lowest BCUT2D eigenvalue weighted by atomic mass is 10.2. The zero-order valence-corrected chi connectivity index (χ0v) is 15.6. The van der Waals surface area contributed by atoms with Crippen molar-refractivity contribution < 1.29 is 21.9 Å². The van der Waals surface area contributed by atoms with Gasteiger partial charge in [-0.2, -0.15) is 0 Å². The van der Waals surface area contributed by atoms with Crippen molar-refractivity contribution in [3.63, 3.8) is 0 Å². The molecule has 1 saturated heterocycles. The minimum atomic E-state index is -3.56. The van der Waals surface area contributed by atoms with E-state index in [1.165, 1.54) is 6.07 Å². The second-order valence-corrected chi connectivity index (χ2v) is 8.25. The number of ether oxygens (including phenoxy) is 1. The van der Waals surface area contributed by atoms with Gasteiger partial charge < -0.3 is 10.1 Å². The van der Waals surface area contributed by atoms with Crippen LogP contribution in [0.1, 0.15) is 24.0 Å². The molecular formula is C19H22F2N2O3S. The van der Waals surface area contributed by atoms with E-state index in [4.69, 9.17) is 4.74 Å². The molecule has 1 aliphatic heterocycles. The van der Waals surface area contributed by atoms with Crippen LogP contribution in [0, 0.1) is 11.6 Å². The summed E-state index contributed by atoms with van der Waals surface area (Å²) >= 11 is 0. The maximum absolute atomic E-state index is 13.2. The van der Waals surface area contributed by atoms with Crippen LogP contribution in [0.2, 0.25) is 0 Å². The van der Waals surface area contributed by atoms with E-state index in [9.17, 15) is 17.2 Å². The molecule has 0 aromatic heterocycles. The molecule has 1 atom stereocenters. The predicted molar refractivity (Wildman–Crippen MR) is 97.5 cm³/mol. The van der Waals surface area contributed by atoms with E-state index in [2.05, 4.69) is 10.0 Å². The van der Waals surface area contributed by atoms with Crippen molar-refractivity contribution in [3.05, 3.63) is 65.2 Å². The minimum absolute atomic E-state index is 0.0560. The number of benzene rings is 2. The van der Waals surface area contributed by atoms with Gasteiger partial charge in [-0.3, -0.25) is 0 Å². The molecule has 2 N–H and O–H groups in total. The van der Waals surface area contributed by atoms with E-state index < -0.39 is 21.7 Å². The van der Waals surface area contributed by atoms with Crippen LogP contribution in [0.5, 0.6) is 0 Å². The van der Waals surface area contributed by atoms with Crippen molar-refractivity contribution in [2.24, 2.45) is 0 Å². The van der Waals surface area contributed by atoms with Crippen LogP contribution >= 0.6 is 0 Å². The number of hydrogen-bond donors (Lipinski definition) is 2. The SMILES string of the molecule is O=S(=O)(NCC1CCCO1)c1ccc(CNCc2ccc(F)c(F)c2)cc1. The highest BCUT2D eigenvalue weighted by Crippen LogP contribution is 2.14. The molecule has 3 rings (SSSR count). The molecule has 1 aliphatic rings. The van der Waals surface area contributed by atoms with Crippen molar-refractivity contribution in [1.29, 1.82) is 0 Å². The van der Waals surface area contributed by atoms with E-state index in [-0.39, 0.29) is 17.5 Å². The second-order valence-electron chi connectivity index (χ2n) is 6.48. The van der Waals surface area contributed by atoms with Gasteiger partial charge in [-0.1, -0.05) is 18.2 Å². The lowest BCUT2D eigenvalue weighted by Crippen LogP contribution is -2.31. The van der Waals surface area contributed by atoms with Gasteiger partial charge in [0.2, 0.25) is 10.0 Å². The molecule has 146 valence electrons. The molecule has 1 heterocycles. The Morgan fingerprint density at radius 3 is 2.37 bits per heavy atom. The summed E-state index contributed by atoms with van der Waals surface area (Å²) in [5, 5.41) is 3.11. The van der Waals surface area contributed by atoms with Crippen LogP contribution in [0.3, 0.4) is 0 Å². The van der Waals surface area contributed by atoms with Gasteiger partial charge in [0.15, 0.2) is 11.6 Å². The molecule has 0 aliphatic carbocycles. The van der Waals surface area contributed by atoms with E-state index in [0.717, 1.165) is 30.5 Å². The molecule has 0 radical (unpaired) electrons. The first-order chi connectivity index (χ1) is 12.9. The Morgan fingerprint density at radius 1 is 1.00 bits per heavy atom. The summed E-state index contributed by atoms with van der Waals surface area (Å²) in [6.45, 7) is 1.81. The van der Waals surface area contributed by atoms with Crippen molar-refractivity contribution in [1.82, 2.24) is 10.0 Å². The third-order valence-corrected chi connectivity index (χ3v) is 5.84. The highest BCUT2D eigenvalue weighted by atomic mass is 32.2. The summed E-state index contributed by atoms with van der Waals surface area (Å²) in [7, 11) is -3.56. The van der Waals surface area contributed by atoms with Crippen LogP contribution in [0.15, 0.2) is 47.4 Å². The first-order valence-electron chi connectivity index (χ1n) is 8.79. The van der Waals surface area contributed by atoms with Gasteiger partial charge in [-0.25, -0.2) is 21.9 Å². The van der Waals surface area contributed by atoms with Crippen molar-refractivity contribution in [2.75, 3.05) is 13.2 Å². The third kappa shape index (κ3) is 5.55. The van der Waals surface area contributed by atoms with Gasteiger partial charge in [0, 0.05) is 26.2 Å². The Kier molecular flexibility index (Phi) is 6.54. The number of rotatable bonds is 8. The van der Waals surface area contributed by atoms with Crippen molar-refractivity contribution >= 4 is 10.0 Å². The molecule has 0 bridgehead atoms. The average molecular weight is 396 g/mol. The van der Waals surface area contributed by atoms with Gasteiger partial charge in [0.05, 0.1) is 11.0 Å². The second kappa shape index (κ2) is 8.88. The summed E-state index contributed by atoms with van der Waals surface area (Å²) in [5.74, 6) is -1.75. The van der Waals surface area contributed by atoms with Gasteiger partial charge in [-0.15, -0.1) is 0 Å². The molecule has 0 spiro atoms. The Balaban J connectivity index is 1.50. The molecule has 1 fully saturated rings. The topological polar surface area (TPSA) is 67.4 Å². The monoisotopic (exact) mass is 396 g/mol. The molecule has 0 saturated carbocycles. The largest absolute Gasteiger partial charge is 0.377 e. The molecule has 8 heteroatoms. The fourth-order valence-corrected chi connectivity index (χ4v) is 3.94. The molecule has 0 amide bonds. The lowest BCUT2D eigenvalue weighted by Gasteiger charge is -2.12. The van der Waals surface area contributed by atoms with Gasteiger partial charge in [-0.05, 0) is 48.2 Å². The number of sulfonamides is 1. The Labute approximate surface area is 157 Å². The van der Waals surface area contributed by atoms with E-state index in [0.29, 0.717) is 25.3 Å². The predicted octanol–water partition coefficient (Wildman–Crippen LogP) is 2.71. The zero-order valence-electron chi connectivity index (χ0n) is 14.8. The molecule has 2 aromatic carbocycles. The van der Waals surface area contributed by atoms with Gasteiger partial charge >= 0.3 is 0 Å². The minimum Gasteiger partial charge on any atom is -0.377 e.